The summed E-state index contributed by atoms with van der Waals surface area (Å²) < 4.78 is 5.54. The van der Waals surface area contributed by atoms with Crippen LogP contribution in [0.15, 0.2) is 132 Å². The van der Waals surface area contributed by atoms with Crippen molar-refractivity contribution in [2.45, 2.75) is 10.1 Å². The van der Waals surface area contributed by atoms with Crippen molar-refractivity contribution in [3.63, 3.8) is 0 Å². The average molecular weight is 519 g/mol. The largest absolute Gasteiger partial charge is 0.484 e. The van der Waals surface area contributed by atoms with E-state index in [0.29, 0.717) is 11.4 Å². The Hall–Kier alpha value is -4.55. The summed E-state index contributed by atoms with van der Waals surface area (Å²) in [4.78, 5) is 26.8. The lowest BCUT2D eigenvalue weighted by molar-refractivity contribution is -0.118. The summed E-state index contributed by atoms with van der Waals surface area (Å²) in [6.07, 6.45) is 0. The van der Waals surface area contributed by atoms with Gasteiger partial charge >= 0.3 is 0 Å². The van der Waals surface area contributed by atoms with Crippen LogP contribution in [0.25, 0.3) is 10.8 Å². The standard InChI is InChI=1S/C32H26N2O3S/c35-30(22-37-28-15-5-2-6-16-28)33-26-14-9-17-29(21-26)38-31(24-11-3-1-4-12-24)32(36)34-27-19-18-23-10-7-8-13-25(23)20-27/h1-21,31H,22H2,(H,33,35)(H,34,36). The predicted octanol–water partition coefficient (Wildman–Crippen LogP) is 7.33. The molecular weight excluding hydrogens is 492 g/mol. The van der Waals surface area contributed by atoms with Gasteiger partial charge in [-0.25, -0.2) is 0 Å². The molecule has 2 N–H and O–H groups in total. The molecule has 0 radical (unpaired) electrons. The minimum absolute atomic E-state index is 0.0951. The first-order chi connectivity index (χ1) is 18.6. The van der Waals surface area contributed by atoms with E-state index in [1.54, 1.807) is 12.1 Å². The van der Waals surface area contributed by atoms with Crippen LogP contribution in [0.2, 0.25) is 0 Å². The van der Waals surface area contributed by atoms with Crippen molar-refractivity contribution in [1.29, 1.82) is 0 Å². The Labute approximate surface area is 225 Å². The SMILES string of the molecule is O=C(COc1ccccc1)Nc1cccc(SC(C(=O)Nc2ccc3ccccc3c2)c2ccccc2)c1. The van der Waals surface area contributed by atoms with E-state index >= 15 is 0 Å². The number of carbonyl (C=O) groups excluding carboxylic acids is 2. The second-order valence-corrected chi connectivity index (χ2v) is 9.82. The summed E-state index contributed by atoms with van der Waals surface area (Å²) in [5, 5.41) is 7.65. The highest BCUT2D eigenvalue weighted by Gasteiger charge is 2.22. The van der Waals surface area contributed by atoms with Crippen LogP contribution in [0.4, 0.5) is 11.4 Å². The lowest BCUT2D eigenvalue weighted by atomic mass is 10.1. The first-order valence-electron chi connectivity index (χ1n) is 12.2. The number of para-hydroxylation sites is 1. The van der Waals surface area contributed by atoms with Crippen molar-refractivity contribution in [2.75, 3.05) is 17.2 Å². The molecule has 5 aromatic rings. The van der Waals surface area contributed by atoms with Gasteiger partial charge < -0.3 is 15.4 Å². The maximum Gasteiger partial charge on any atom is 0.262 e. The fourth-order valence-corrected chi connectivity index (χ4v) is 5.11. The van der Waals surface area contributed by atoms with Gasteiger partial charge in [-0.1, -0.05) is 84.9 Å². The quantitative estimate of drug-likeness (QED) is 0.201. The van der Waals surface area contributed by atoms with E-state index < -0.39 is 5.25 Å². The molecule has 188 valence electrons. The molecule has 0 aliphatic carbocycles. The molecule has 5 nitrogen and oxygen atoms in total. The van der Waals surface area contributed by atoms with Gasteiger partial charge in [-0.3, -0.25) is 9.59 Å². The zero-order chi connectivity index (χ0) is 26.2. The Morgan fingerprint density at radius 3 is 2.13 bits per heavy atom. The highest BCUT2D eigenvalue weighted by molar-refractivity contribution is 8.00. The highest BCUT2D eigenvalue weighted by atomic mass is 32.2. The molecule has 0 bridgehead atoms. The number of thioether (sulfide) groups is 1. The number of rotatable bonds is 9. The molecule has 0 heterocycles. The predicted molar refractivity (Wildman–Crippen MR) is 155 cm³/mol. The molecule has 0 saturated heterocycles. The molecule has 0 fully saturated rings. The van der Waals surface area contributed by atoms with E-state index in [9.17, 15) is 9.59 Å². The molecule has 0 spiro atoms. The smallest absolute Gasteiger partial charge is 0.262 e. The number of hydrogen-bond donors (Lipinski definition) is 2. The normalized spacial score (nSPS) is 11.5. The zero-order valence-corrected chi connectivity index (χ0v) is 21.4. The second kappa shape index (κ2) is 12.1. The van der Waals surface area contributed by atoms with Crippen LogP contribution in [-0.2, 0) is 9.59 Å². The Morgan fingerprint density at radius 2 is 1.34 bits per heavy atom. The number of ether oxygens (including phenoxy) is 1. The molecule has 38 heavy (non-hydrogen) atoms. The summed E-state index contributed by atoms with van der Waals surface area (Å²) in [5.41, 5.74) is 2.27. The molecule has 1 atom stereocenters. The lowest BCUT2D eigenvalue weighted by Crippen LogP contribution is -2.20. The van der Waals surface area contributed by atoms with Gasteiger partial charge in [0.1, 0.15) is 11.0 Å². The monoisotopic (exact) mass is 518 g/mol. The summed E-state index contributed by atoms with van der Waals surface area (Å²) in [5.74, 6) is 0.252. The van der Waals surface area contributed by atoms with Gasteiger partial charge in [-0.05, 0) is 58.8 Å². The summed E-state index contributed by atoms with van der Waals surface area (Å²) in [6.45, 7) is -0.0951. The number of nitrogens with one attached hydrogen (secondary N) is 2. The molecule has 1 unspecified atom stereocenters. The van der Waals surface area contributed by atoms with Crippen molar-refractivity contribution in [1.82, 2.24) is 0 Å². The van der Waals surface area contributed by atoms with Crippen LogP contribution in [0, 0.1) is 0 Å². The Morgan fingerprint density at radius 1 is 0.658 bits per heavy atom. The highest BCUT2D eigenvalue weighted by Crippen LogP contribution is 2.37. The van der Waals surface area contributed by atoms with E-state index in [1.807, 2.05) is 115 Å². The summed E-state index contributed by atoms with van der Waals surface area (Å²) in [6, 6.07) is 40.3. The summed E-state index contributed by atoms with van der Waals surface area (Å²) in [7, 11) is 0. The molecule has 5 aromatic carbocycles. The van der Waals surface area contributed by atoms with Crippen LogP contribution >= 0.6 is 11.8 Å². The Bertz CT molecular complexity index is 1540. The maximum absolute atomic E-state index is 13.5. The summed E-state index contributed by atoms with van der Waals surface area (Å²) >= 11 is 1.43. The number of fused-ring (bicyclic) bond motifs is 1. The van der Waals surface area contributed by atoms with Crippen LogP contribution < -0.4 is 15.4 Å². The van der Waals surface area contributed by atoms with E-state index in [-0.39, 0.29) is 18.4 Å². The van der Waals surface area contributed by atoms with Crippen molar-refractivity contribution in [3.8, 4) is 5.75 Å². The van der Waals surface area contributed by atoms with Gasteiger partial charge in [-0.15, -0.1) is 11.8 Å². The van der Waals surface area contributed by atoms with E-state index in [0.717, 1.165) is 26.9 Å². The average Bonchev–Trinajstić information content (AvgIpc) is 2.96. The third kappa shape index (κ3) is 6.60. The maximum atomic E-state index is 13.5. The Kier molecular flexibility index (Phi) is 8.01. The van der Waals surface area contributed by atoms with Gasteiger partial charge in [0.2, 0.25) is 5.91 Å². The fraction of sp³-hybridized carbons (Fsp3) is 0.0625. The molecule has 2 amide bonds. The van der Waals surface area contributed by atoms with E-state index in [2.05, 4.69) is 10.6 Å². The van der Waals surface area contributed by atoms with Crippen LogP contribution in [0.5, 0.6) is 5.75 Å². The first-order valence-corrected chi connectivity index (χ1v) is 13.1. The molecule has 0 saturated carbocycles. The topological polar surface area (TPSA) is 67.4 Å². The van der Waals surface area contributed by atoms with Crippen molar-refractivity contribution in [2.24, 2.45) is 0 Å². The van der Waals surface area contributed by atoms with Gasteiger partial charge in [0.25, 0.3) is 5.91 Å². The molecule has 5 rings (SSSR count). The van der Waals surface area contributed by atoms with Crippen molar-refractivity contribution < 1.29 is 14.3 Å². The third-order valence-corrected chi connectivity index (χ3v) is 7.09. The molecule has 0 aliphatic heterocycles. The van der Waals surface area contributed by atoms with Crippen LogP contribution in [0.1, 0.15) is 10.8 Å². The van der Waals surface area contributed by atoms with Crippen LogP contribution in [-0.4, -0.2) is 18.4 Å². The minimum atomic E-state index is -0.491. The molecule has 0 aliphatic rings. The second-order valence-electron chi connectivity index (χ2n) is 8.64. The lowest BCUT2D eigenvalue weighted by Gasteiger charge is -2.18. The van der Waals surface area contributed by atoms with Gasteiger partial charge in [-0.2, -0.15) is 0 Å². The fourth-order valence-electron chi connectivity index (χ4n) is 4.02. The number of carbonyl (C=O) groups is 2. The third-order valence-electron chi connectivity index (χ3n) is 5.84. The van der Waals surface area contributed by atoms with Crippen molar-refractivity contribution >= 4 is 45.7 Å². The van der Waals surface area contributed by atoms with E-state index in [4.69, 9.17) is 4.74 Å². The van der Waals surface area contributed by atoms with Crippen molar-refractivity contribution in [3.05, 3.63) is 133 Å². The van der Waals surface area contributed by atoms with Crippen LogP contribution in [0.3, 0.4) is 0 Å². The number of anilines is 2. The molecular formula is C32H26N2O3S. The number of amides is 2. The number of benzene rings is 5. The van der Waals surface area contributed by atoms with Gasteiger partial charge in [0.05, 0.1) is 0 Å². The Balaban J connectivity index is 1.29. The molecule has 0 aromatic heterocycles. The molecule has 6 heteroatoms. The minimum Gasteiger partial charge on any atom is -0.484 e. The van der Waals surface area contributed by atoms with Gasteiger partial charge in [0, 0.05) is 16.3 Å². The van der Waals surface area contributed by atoms with Gasteiger partial charge in [0.15, 0.2) is 6.61 Å². The first kappa shape index (κ1) is 25.1. The number of hydrogen-bond acceptors (Lipinski definition) is 4. The van der Waals surface area contributed by atoms with E-state index in [1.165, 1.54) is 11.8 Å². The zero-order valence-electron chi connectivity index (χ0n) is 20.5.